The monoisotopic (exact) mass is 392 g/mol. The molecule has 0 spiro atoms. The molecule has 0 bridgehead atoms. The minimum Gasteiger partial charge on any atom is -0.506 e. The van der Waals surface area contributed by atoms with Crippen molar-refractivity contribution in [3.8, 4) is 5.75 Å². The number of nitrogens with one attached hydrogen (secondary N) is 1. The van der Waals surface area contributed by atoms with Crippen LogP contribution in [0.15, 0.2) is 58.7 Å². The summed E-state index contributed by atoms with van der Waals surface area (Å²) in [6.07, 6.45) is 8.64. The Bertz CT molecular complexity index is 1070. The number of nitrogens with zero attached hydrogens (tertiary/aromatic N) is 3. The van der Waals surface area contributed by atoms with E-state index in [1.807, 2.05) is 6.07 Å². The summed E-state index contributed by atoms with van der Waals surface area (Å²) in [5, 5.41) is 14.9. The summed E-state index contributed by atoms with van der Waals surface area (Å²) in [6.45, 7) is 2.61. The molecule has 0 aliphatic rings. The van der Waals surface area contributed by atoms with Gasteiger partial charge in [0.05, 0.1) is 11.7 Å². The zero-order valence-electron chi connectivity index (χ0n) is 16.3. The third-order valence-corrected chi connectivity index (χ3v) is 4.67. The molecule has 0 saturated carbocycles. The summed E-state index contributed by atoms with van der Waals surface area (Å²) < 4.78 is 1.56. The van der Waals surface area contributed by atoms with Crippen molar-refractivity contribution in [3.05, 3.63) is 70.3 Å². The number of amides is 1. The van der Waals surface area contributed by atoms with Gasteiger partial charge in [0.1, 0.15) is 11.3 Å². The van der Waals surface area contributed by atoms with Crippen LogP contribution in [0.2, 0.25) is 0 Å². The summed E-state index contributed by atoms with van der Waals surface area (Å²) in [6, 6.07) is 10.6. The highest BCUT2D eigenvalue weighted by Gasteiger charge is 2.21. The molecular weight excluding hydrogens is 368 g/mol. The fourth-order valence-electron chi connectivity index (χ4n) is 3.19. The van der Waals surface area contributed by atoms with Gasteiger partial charge in [0, 0.05) is 29.9 Å². The van der Waals surface area contributed by atoms with Crippen LogP contribution in [0.1, 0.15) is 48.5 Å². The number of hydrogen-bond donors (Lipinski definition) is 2. The molecule has 150 valence electrons. The van der Waals surface area contributed by atoms with E-state index in [9.17, 15) is 14.7 Å². The van der Waals surface area contributed by atoms with Gasteiger partial charge in [0.25, 0.3) is 11.5 Å². The number of hydrogen-bond acceptors (Lipinski definition) is 5. The number of rotatable bonds is 8. The Morgan fingerprint density at radius 2 is 2.03 bits per heavy atom. The Morgan fingerprint density at radius 3 is 2.79 bits per heavy atom. The van der Waals surface area contributed by atoms with E-state index in [0.717, 1.165) is 25.7 Å². The lowest BCUT2D eigenvalue weighted by Crippen LogP contribution is -2.31. The van der Waals surface area contributed by atoms with Gasteiger partial charge in [0.15, 0.2) is 0 Å². The molecule has 7 heteroatoms. The van der Waals surface area contributed by atoms with Crippen molar-refractivity contribution in [2.45, 2.75) is 39.2 Å². The smallest absolute Gasteiger partial charge is 0.280 e. The summed E-state index contributed by atoms with van der Waals surface area (Å²) in [7, 11) is 0. The van der Waals surface area contributed by atoms with Crippen LogP contribution >= 0.6 is 0 Å². The number of para-hydroxylation sites is 1. The van der Waals surface area contributed by atoms with E-state index < -0.39 is 11.5 Å². The molecule has 0 unspecified atom stereocenters. The molecular formula is C22H24N4O3. The number of pyridine rings is 2. The molecule has 0 aliphatic carbocycles. The second-order valence-corrected chi connectivity index (χ2v) is 6.74. The van der Waals surface area contributed by atoms with Crippen LogP contribution < -0.4 is 11.0 Å². The maximum atomic E-state index is 13.0. The van der Waals surface area contributed by atoms with Crippen molar-refractivity contribution in [3.63, 3.8) is 0 Å². The first-order valence-electron chi connectivity index (χ1n) is 9.71. The van der Waals surface area contributed by atoms with E-state index in [2.05, 4.69) is 22.4 Å². The number of carbonyl (C=O) groups excluding carboxylic acids is 1. The molecule has 0 radical (unpaired) electrons. The second-order valence-electron chi connectivity index (χ2n) is 6.74. The third kappa shape index (κ3) is 4.68. The summed E-state index contributed by atoms with van der Waals surface area (Å²) in [4.78, 5) is 29.6. The van der Waals surface area contributed by atoms with Crippen LogP contribution in [-0.4, -0.2) is 26.8 Å². The van der Waals surface area contributed by atoms with Gasteiger partial charge in [-0.05, 0) is 24.6 Å². The van der Waals surface area contributed by atoms with Gasteiger partial charge in [-0.2, -0.15) is 5.10 Å². The number of hydrazone groups is 1. The first-order chi connectivity index (χ1) is 14.1. The van der Waals surface area contributed by atoms with Crippen molar-refractivity contribution in [2.24, 2.45) is 5.10 Å². The largest absolute Gasteiger partial charge is 0.506 e. The van der Waals surface area contributed by atoms with Crippen molar-refractivity contribution in [1.29, 1.82) is 0 Å². The Balaban J connectivity index is 1.93. The van der Waals surface area contributed by atoms with Gasteiger partial charge in [-0.25, -0.2) is 5.43 Å². The molecule has 0 fully saturated rings. The summed E-state index contributed by atoms with van der Waals surface area (Å²) in [5.41, 5.74) is 2.81. The number of aryl methyl sites for hydroxylation is 1. The molecule has 2 aromatic heterocycles. The van der Waals surface area contributed by atoms with Crippen molar-refractivity contribution < 1.29 is 9.90 Å². The molecule has 3 rings (SSSR count). The van der Waals surface area contributed by atoms with Gasteiger partial charge in [0.2, 0.25) is 0 Å². The Kier molecular flexibility index (Phi) is 6.73. The maximum Gasteiger partial charge on any atom is 0.280 e. The van der Waals surface area contributed by atoms with E-state index >= 15 is 0 Å². The minimum absolute atomic E-state index is 0.303. The normalized spacial score (nSPS) is 11.2. The molecule has 0 saturated heterocycles. The summed E-state index contributed by atoms with van der Waals surface area (Å²) >= 11 is 0. The Labute approximate surface area is 168 Å². The zero-order valence-corrected chi connectivity index (χ0v) is 16.3. The quantitative estimate of drug-likeness (QED) is 0.349. The van der Waals surface area contributed by atoms with E-state index in [0.29, 0.717) is 23.0 Å². The highest BCUT2D eigenvalue weighted by Crippen LogP contribution is 2.26. The van der Waals surface area contributed by atoms with E-state index in [-0.39, 0.29) is 11.3 Å². The van der Waals surface area contributed by atoms with Gasteiger partial charge in [-0.3, -0.25) is 14.6 Å². The lowest BCUT2D eigenvalue weighted by atomic mass is 10.1. The molecule has 2 heterocycles. The van der Waals surface area contributed by atoms with Crippen LogP contribution in [0, 0.1) is 0 Å². The molecule has 29 heavy (non-hydrogen) atoms. The fraction of sp³-hybridized carbons (Fsp3) is 0.273. The number of fused-ring (bicyclic) bond motifs is 1. The van der Waals surface area contributed by atoms with Crippen LogP contribution in [0.5, 0.6) is 5.75 Å². The number of unbranched alkanes of at least 4 members (excludes halogenated alkanes) is 3. The third-order valence-electron chi connectivity index (χ3n) is 4.67. The Morgan fingerprint density at radius 1 is 1.21 bits per heavy atom. The predicted octanol–water partition coefficient (Wildman–Crippen LogP) is 3.45. The lowest BCUT2D eigenvalue weighted by molar-refractivity contribution is 0.0950. The molecule has 1 amide bonds. The van der Waals surface area contributed by atoms with E-state index in [1.165, 1.54) is 6.21 Å². The summed E-state index contributed by atoms with van der Waals surface area (Å²) in [5.74, 6) is -1.08. The average molecular weight is 392 g/mol. The first kappa shape index (κ1) is 20.3. The van der Waals surface area contributed by atoms with Crippen LogP contribution in [-0.2, 0) is 6.54 Å². The highest BCUT2D eigenvalue weighted by atomic mass is 16.3. The highest BCUT2D eigenvalue weighted by molar-refractivity contribution is 6.02. The van der Waals surface area contributed by atoms with E-state index in [1.54, 1.807) is 47.3 Å². The van der Waals surface area contributed by atoms with Gasteiger partial charge < -0.3 is 9.67 Å². The molecule has 1 aromatic carbocycles. The first-order valence-corrected chi connectivity index (χ1v) is 9.71. The number of aromatic nitrogens is 2. The molecule has 3 aromatic rings. The minimum atomic E-state index is -0.749. The van der Waals surface area contributed by atoms with Crippen LogP contribution in [0.3, 0.4) is 0 Å². The van der Waals surface area contributed by atoms with E-state index in [4.69, 9.17) is 0 Å². The SMILES string of the molecule is CCCCCCn1c(=O)c(C(=O)N/N=C/c2cccnc2)c(O)c2ccccc21. The van der Waals surface area contributed by atoms with Gasteiger partial charge in [-0.15, -0.1) is 0 Å². The Hall–Kier alpha value is -3.48. The topological polar surface area (TPSA) is 96.6 Å². The maximum absolute atomic E-state index is 13.0. The van der Waals surface area contributed by atoms with Crippen molar-refractivity contribution in [2.75, 3.05) is 0 Å². The average Bonchev–Trinajstić information content (AvgIpc) is 2.74. The van der Waals surface area contributed by atoms with Crippen LogP contribution in [0.25, 0.3) is 10.9 Å². The van der Waals surface area contributed by atoms with Gasteiger partial charge >= 0.3 is 0 Å². The van der Waals surface area contributed by atoms with Crippen molar-refractivity contribution >= 4 is 23.0 Å². The molecule has 0 aliphatic heterocycles. The second kappa shape index (κ2) is 9.64. The predicted molar refractivity (Wildman–Crippen MR) is 113 cm³/mol. The van der Waals surface area contributed by atoms with Gasteiger partial charge in [-0.1, -0.05) is 44.4 Å². The lowest BCUT2D eigenvalue weighted by Gasteiger charge is -2.14. The molecule has 2 N–H and O–H groups in total. The number of carbonyl (C=O) groups is 1. The standard InChI is InChI=1S/C22H24N4O3/c1-2-3-4-7-13-26-18-11-6-5-10-17(18)20(27)19(22(26)29)21(28)25-24-15-16-9-8-12-23-14-16/h5-6,8-12,14-15,27H,2-4,7,13H2,1H3,(H,25,28)/b24-15+. The molecule has 0 atom stereocenters. The number of benzene rings is 1. The number of aromatic hydroxyl groups is 1. The van der Waals surface area contributed by atoms with Crippen LogP contribution in [0.4, 0.5) is 0 Å². The fourth-order valence-corrected chi connectivity index (χ4v) is 3.19. The zero-order chi connectivity index (χ0) is 20.6. The molecule has 7 nitrogen and oxygen atoms in total. The van der Waals surface area contributed by atoms with Crippen molar-refractivity contribution in [1.82, 2.24) is 15.0 Å².